The number of hydrogen-bond donors (Lipinski definition) is 1. The summed E-state index contributed by atoms with van der Waals surface area (Å²) >= 11 is 0. The van der Waals surface area contributed by atoms with E-state index < -0.39 is 0 Å². The van der Waals surface area contributed by atoms with E-state index in [0.29, 0.717) is 17.8 Å². The van der Waals surface area contributed by atoms with Crippen LogP contribution in [0.4, 0.5) is 5.69 Å². The molecule has 21 heavy (non-hydrogen) atoms. The topological polar surface area (TPSA) is 64.2 Å². The van der Waals surface area contributed by atoms with Crippen LogP contribution in [0.1, 0.15) is 35.5 Å². The molecule has 0 saturated carbocycles. The Labute approximate surface area is 125 Å². The first-order valence-electron chi connectivity index (χ1n) is 7.04. The molecule has 0 fully saturated rings. The summed E-state index contributed by atoms with van der Waals surface area (Å²) in [6.45, 7) is 6.41. The third-order valence-electron chi connectivity index (χ3n) is 3.43. The lowest BCUT2D eigenvalue weighted by Gasteiger charge is -2.27. The van der Waals surface area contributed by atoms with Crippen LogP contribution < -0.4 is 5.73 Å². The summed E-state index contributed by atoms with van der Waals surface area (Å²) in [5.41, 5.74) is 8.94. The predicted octanol–water partition coefficient (Wildman–Crippen LogP) is 2.36. The second kappa shape index (κ2) is 5.99. The molecule has 2 N–H and O–H groups in total. The van der Waals surface area contributed by atoms with Gasteiger partial charge in [0.25, 0.3) is 5.91 Å². The van der Waals surface area contributed by atoms with Gasteiger partial charge >= 0.3 is 0 Å². The number of nitrogens with zero attached hydrogens (tertiary/aromatic N) is 3. The van der Waals surface area contributed by atoms with Crippen LogP contribution in [-0.4, -0.2) is 26.6 Å². The van der Waals surface area contributed by atoms with Crippen molar-refractivity contribution in [1.82, 2.24) is 14.7 Å². The average molecular weight is 286 g/mol. The minimum Gasteiger partial charge on any atom is -0.399 e. The number of benzene rings is 1. The van der Waals surface area contributed by atoms with E-state index in [1.165, 1.54) is 0 Å². The largest absolute Gasteiger partial charge is 0.399 e. The number of amides is 1. The number of aryl methyl sites for hydroxylation is 2. The van der Waals surface area contributed by atoms with E-state index in [1.807, 2.05) is 57.0 Å². The molecule has 0 saturated heterocycles. The molecule has 1 amide bonds. The Morgan fingerprint density at radius 1 is 1.43 bits per heavy atom. The number of aromatic nitrogens is 2. The van der Waals surface area contributed by atoms with Gasteiger partial charge in [0.05, 0.1) is 11.3 Å². The maximum absolute atomic E-state index is 12.8. The number of anilines is 1. The highest BCUT2D eigenvalue weighted by Crippen LogP contribution is 2.16. The summed E-state index contributed by atoms with van der Waals surface area (Å²) < 4.78 is 1.67. The van der Waals surface area contributed by atoms with Crippen molar-refractivity contribution in [3.05, 3.63) is 47.3 Å². The first-order valence-corrected chi connectivity index (χ1v) is 7.04. The smallest absolute Gasteiger partial charge is 0.257 e. The fourth-order valence-corrected chi connectivity index (χ4v) is 2.34. The molecule has 0 aliphatic carbocycles. The fraction of sp³-hybridized carbons (Fsp3) is 0.375. The highest BCUT2D eigenvalue weighted by Gasteiger charge is 2.22. The Morgan fingerprint density at radius 2 is 2.14 bits per heavy atom. The summed E-state index contributed by atoms with van der Waals surface area (Å²) in [5, 5.41) is 4.24. The fourth-order valence-electron chi connectivity index (χ4n) is 2.34. The van der Waals surface area contributed by atoms with Crippen molar-refractivity contribution in [3.63, 3.8) is 0 Å². The maximum Gasteiger partial charge on any atom is 0.257 e. The second-order valence-corrected chi connectivity index (χ2v) is 5.57. The lowest BCUT2D eigenvalue weighted by molar-refractivity contribution is 0.0689. The second-order valence-electron chi connectivity index (χ2n) is 5.57. The number of carbonyl (C=O) groups excluding carboxylic acids is 1. The van der Waals surface area contributed by atoms with E-state index >= 15 is 0 Å². The van der Waals surface area contributed by atoms with Gasteiger partial charge in [-0.15, -0.1) is 0 Å². The number of rotatable bonds is 4. The standard InChI is InChI=1S/C16H22N4O/c1-11(2)20(9-13-6-5-7-14(17)8-13)16(21)15-10-19(4)18-12(15)3/h5-8,10-11H,9,17H2,1-4H3. The molecule has 0 aliphatic rings. The van der Waals surface area contributed by atoms with Crippen LogP contribution >= 0.6 is 0 Å². The summed E-state index contributed by atoms with van der Waals surface area (Å²) in [5.74, 6) is -0.00183. The molecule has 0 spiro atoms. The third kappa shape index (κ3) is 3.42. The van der Waals surface area contributed by atoms with Crippen molar-refractivity contribution < 1.29 is 4.79 Å². The van der Waals surface area contributed by atoms with Crippen LogP contribution in [-0.2, 0) is 13.6 Å². The van der Waals surface area contributed by atoms with E-state index in [0.717, 1.165) is 11.3 Å². The van der Waals surface area contributed by atoms with E-state index in [1.54, 1.807) is 10.9 Å². The van der Waals surface area contributed by atoms with Crippen molar-refractivity contribution in [2.45, 2.75) is 33.4 Å². The van der Waals surface area contributed by atoms with Gasteiger partial charge in [-0.25, -0.2) is 0 Å². The van der Waals surface area contributed by atoms with Crippen molar-refractivity contribution in [2.24, 2.45) is 7.05 Å². The Bertz CT molecular complexity index is 645. The van der Waals surface area contributed by atoms with Crippen LogP contribution in [0.2, 0.25) is 0 Å². The number of nitrogen functional groups attached to an aromatic ring is 1. The van der Waals surface area contributed by atoms with E-state index in [9.17, 15) is 4.79 Å². The molecular formula is C16H22N4O. The van der Waals surface area contributed by atoms with Gasteiger partial charge in [0, 0.05) is 31.5 Å². The van der Waals surface area contributed by atoms with Crippen molar-refractivity contribution in [3.8, 4) is 0 Å². The normalized spacial score (nSPS) is 10.9. The van der Waals surface area contributed by atoms with Gasteiger partial charge in [-0.05, 0) is 38.5 Å². The third-order valence-corrected chi connectivity index (χ3v) is 3.43. The number of nitrogens with two attached hydrogens (primary N) is 1. The van der Waals surface area contributed by atoms with Crippen LogP contribution in [0.15, 0.2) is 30.5 Å². The molecular weight excluding hydrogens is 264 g/mol. The van der Waals surface area contributed by atoms with Crippen LogP contribution in [0, 0.1) is 6.92 Å². The summed E-state index contributed by atoms with van der Waals surface area (Å²) in [7, 11) is 1.82. The van der Waals surface area contributed by atoms with Crippen LogP contribution in [0.25, 0.3) is 0 Å². The molecule has 0 atom stereocenters. The SMILES string of the molecule is Cc1nn(C)cc1C(=O)N(Cc1cccc(N)c1)C(C)C. The highest BCUT2D eigenvalue weighted by atomic mass is 16.2. The van der Waals surface area contributed by atoms with Gasteiger partial charge < -0.3 is 10.6 Å². The van der Waals surface area contributed by atoms with Crippen LogP contribution in [0.3, 0.4) is 0 Å². The molecule has 2 aromatic rings. The molecule has 5 heteroatoms. The van der Waals surface area contributed by atoms with E-state index in [4.69, 9.17) is 5.73 Å². The minimum absolute atomic E-state index is 0.00183. The molecule has 1 aromatic heterocycles. The van der Waals surface area contributed by atoms with E-state index in [2.05, 4.69) is 5.10 Å². The van der Waals surface area contributed by atoms with Crippen molar-refractivity contribution in [1.29, 1.82) is 0 Å². The molecule has 5 nitrogen and oxygen atoms in total. The van der Waals surface area contributed by atoms with Gasteiger partial charge in [-0.3, -0.25) is 9.48 Å². The van der Waals surface area contributed by atoms with Crippen molar-refractivity contribution in [2.75, 3.05) is 5.73 Å². The lowest BCUT2D eigenvalue weighted by Crippen LogP contribution is -2.36. The zero-order chi connectivity index (χ0) is 15.6. The summed E-state index contributed by atoms with van der Waals surface area (Å²) in [6.07, 6.45) is 1.77. The molecule has 0 radical (unpaired) electrons. The molecule has 0 unspecified atom stereocenters. The monoisotopic (exact) mass is 286 g/mol. The van der Waals surface area contributed by atoms with Crippen molar-refractivity contribution >= 4 is 11.6 Å². The molecule has 2 rings (SSSR count). The molecule has 0 aliphatic heterocycles. The van der Waals surface area contributed by atoms with Gasteiger partial charge in [-0.2, -0.15) is 5.10 Å². The quantitative estimate of drug-likeness (QED) is 0.878. The first kappa shape index (κ1) is 15.1. The van der Waals surface area contributed by atoms with Gasteiger partial charge in [0.1, 0.15) is 0 Å². The average Bonchev–Trinajstić information content (AvgIpc) is 2.74. The Morgan fingerprint density at radius 3 is 2.67 bits per heavy atom. The van der Waals surface area contributed by atoms with E-state index in [-0.39, 0.29) is 11.9 Å². The molecule has 0 bridgehead atoms. The van der Waals surface area contributed by atoms with Crippen LogP contribution in [0.5, 0.6) is 0 Å². The number of hydrogen-bond acceptors (Lipinski definition) is 3. The minimum atomic E-state index is -0.00183. The summed E-state index contributed by atoms with van der Waals surface area (Å²) in [4.78, 5) is 14.6. The predicted molar refractivity (Wildman–Crippen MR) is 83.8 cm³/mol. The first-order chi connectivity index (χ1) is 9.88. The molecule has 1 aromatic carbocycles. The van der Waals surface area contributed by atoms with Gasteiger partial charge in [0.2, 0.25) is 0 Å². The van der Waals surface area contributed by atoms with Gasteiger partial charge in [0.15, 0.2) is 0 Å². The Hall–Kier alpha value is -2.30. The van der Waals surface area contributed by atoms with Gasteiger partial charge in [-0.1, -0.05) is 12.1 Å². The highest BCUT2D eigenvalue weighted by molar-refractivity contribution is 5.95. The number of carbonyl (C=O) groups is 1. The Balaban J connectivity index is 2.27. The lowest BCUT2D eigenvalue weighted by atomic mass is 10.1. The summed E-state index contributed by atoms with van der Waals surface area (Å²) in [6, 6.07) is 7.73. The zero-order valence-corrected chi connectivity index (χ0v) is 13.0. The molecule has 112 valence electrons. The molecule has 1 heterocycles. The maximum atomic E-state index is 12.8. The zero-order valence-electron chi connectivity index (χ0n) is 13.0. The Kier molecular flexibility index (Phi) is 4.31.